The molecular formula is C17H20N2S. The lowest BCUT2D eigenvalue weighted by molar-refractivity contribution is 0.631. The second kappa shape index (κ2) is 6.25. The van der Waals surface area contributed by atoms with Crippen molar-refractivity contribution in [2.24, 2.45) is 0 Å². The fourth-order valence-corrected chi connectivity index (χ4v) is 3.45. The SMILES string of the molecule is CCCNCc1cccn1Cc1csc2ccccc12. The third-order valence-electron chi connectivity index (χ3n) is 3.56. The van der Waals surface area contributed by atoms with E-state index in [0.29, 0.717) is 0 Å². The molecule has 0 aliphatic heterocycles. The summed E-state index contributed by atoms with van der Waals surface area (Å²) in [7, 11) is 0. The summed E-state index contributed by atoms with van der Waals surface area (Å²) in [6.07, 6.45) is 3.35. The second-order valence-corrected chi connectivity index (χ2v) is 5.97. The molecule has 0 bridgehead atoms. The van der Waals surface area contributed by atoms with Gasteiger partial charge in [0.1, 0.15) is 0 Å². The van der Waals surface area contributed by atoms with Crippen LogP contribution >= 0.6 is 11.3 Å². The minimum atomic E-state index is 0.947. The molecule has 2 aromatic heterocycles. The van der Waals surface area contributed by atoms with Gasteiger partial charge in [0.25, 0.3) is 0 Å². The van der Waals surface area contributed by atoms with Crippen LogP contribution in [0.2, 0.25) is 0 Å². The van der Waals surface area contributed by atoms with Crippen LogP contribution in [0.3, 0.4) is 0 Å². The van der Waals surface area contributed by atoms with E-state index in [-0.39, 0.29) is 0 Å². The third kappa shape index (κ3) is 2.79. The zero-order valence-corrected chi connectivity index (χ0v) is 12.6. The van der Waals surface area contributed by atoms with Crippen LogP contribution in [0.15, 0.2) is 48.0 Å². The van der Waals surface area contributed by atoms with E-state index in [2.05, 4.69) is 64.8 Å². The van der Waals surface area contributed by atoms with Crippen molar-refractivity contribution in [1.82, 2.24) is 9.88 Å². The van der Waals surface area contributed by atoms with Gasteiger partial charge in [-0.25, -0.2) is 0 Å². The van der Waals surface area contributed by atoms with Gasteiger partial charge in [0.05, 0.1) is 0 Å². The maximum atomic E-state index is 3.48. The van der Waals surface area contributed by atoms with Crippen molar-refractivity contribution in [3.8, 4) is 0 Å². The van der Waals surface area contributed by atoms with Crippen LogP contribution in [-0.4, -0.2) is 11.1 Å². The molecule has 3 heteroatoms. The minimum absolute atomic E-state index is 0.947. The number of nitrogens with zero attached hydrogens (tertiary/aromatic N) is 1. The van der Waals surface area contributed by atoms with E-state index < -0.39 is 0 Å². The van der Waals surface area contributed by atoms with Crippen molar-refractivity contribution in [3.05, 3.63) is 59.2 Å². The van der Waals surface area contributed by atoms with Gasteiger partial charge in [0.2, 0.25) is 0 Å². The Morgan fingerprint density at radius 1 is 1.15 bits per heavy atom. The van der Waals surface area contributed by atoms with Gasteiger partial charge >= 0.3 is 0 Å². The molecule has 1 aromatic carbocycles. The number of hydrogen-bond acceptors (Lipinski definition) is 2. The van der Waals surface area contributed by atoms with E-state index >= 15 is 0 Å². The molecule has 104 valence electrons. The number of aromatic nitrogens is 1. The van der Waals surface area contributed by atoms with Crippen molar-refractivity contribution < 1.29 is 0 Å². The lowest BCUT2D eigenvalue weighted by Crippen LogP contribution is -2.16. The van der Waals surface area contributed by atoms with Gasteiger partial charge in [-0.3, -0.25) is 0 Å². The Kier molecular flexibility index (Phi) is 4.19. The maximum Gasteiger partial charge on any atom is 0.0487 e. The third-order valence-corrected chi connectivity index (χ3v) is 4.57. The van der Waals surface area contributed by atoms with Crippen molar-refractivity contribution in [1.29, 1.82) is 0 Å². The Bertz CT molecular complexity index is 681. The highest BCUT2D eigenvalue weighted by atomic mass is 32.1. The summed E-state index contributed by atoms with van der Waals surface area (Å²) in [5.74, 6) is 0. The molecule has 1 N–H and O–H groups in total. The molecule has 0 saturated carbocycles. The fraction of sp³-hybridized carbons (Fsp3) is 0.294. The zero-order valence-electron chi connectivity index (χ0n) is 11.8. The van der Waals surface area contributed by atoms with Crippen LogP contribution in [0.25, 0.3) is 10.1 Å². The summed E-state index contributed by atoms with van der Waals surface area (Å²) in [6, 6.07) is 13.0. The van der Waals surface area contributed by atoms with Gasteiger partial charge in [0.15, 0.2) is 0 Å². The highest BCUT2D eigenvalue weighted by Crippen LogP contribution is 2.26. The standard InChI is InChI=1S/C17H20N2S/c1-2-9-18-11-15-6-5-10-19(15)12-14-13-20-17-8-4-3-7-16(14)17/h3-8,10,13,18H,2,9,11-12H2,1H3. The van der Waals surface area contributed by atoms with E-state index in [1.54, 1.807) is 0 Å². The normalized spacial score (nSPS) is 11.2. The summed E-state index contributed by atoms with van der Waals surface area (Å²) in [5.41, 5.74) is 2.77. The predicted octanol–water partition coefficient (Wildman–Crippen LogP) is 4.25. The average molecular weight is 284 g/mol. The minimum Gasteiger partial charge on any atom is -0.346 e. The van der Waals surface area contributed by atoms with E-state index in [9.17, 15) is 0 Å². The van der Waals surface area contributed by atoms with E-state index in [0.717, 1.165) is 19.6 Å². The first-order valence-corrected chi connectivity index (χ1v) is 8.06. The first kappa shape index (κ1) is 13.4. The van der Waals surface area contributed by atoms with Crippen LogP contribution in [0.4, 0.5) is 0 Å². The molecule has 0 atom stereocenters. The van der Waals surface area contributed by atoms with Crippen molar-refractivity contribution in [3.63, 3.8) is 0 Å². The number of benzene rings is 1. The van der Waals surface area contributed by atoms with Gasteiger partial charge in [-0.15, -0.1) is 11.3 Å². The number of rotatable bonds is 6. The lowest BCUT2D eigenvalue weighted by atomic mass is 10.2. The van der Waals surface area contributed by atoms with Gasteiger partial charge < -0.3 is 9.88 Å². The molecule has 3 rings (SSSR count). The van der Waals surface area contributed by atoms with Crippen molar-refractivity contribution in [2.75, 3.05) is 6.54 Å². The molecule has 0 radical (unpaired) electrons. The monoisotopic (exact) mass is 284 g/mol. The fourth-order valence-electron chi connectivity index (χ4n) is 2.50. The molecule has 3 aromatic rings. The van der Waals surface area contributed by atoms with Crippen LogP contribution in [0.5, 0.6) is 0 Å². The number of thiophene rings is 1. The molecule has 2 nitrogen and oxygen atoms in total. The van der Waals surface area contributed by atoms with Gasteiger partial charge in [-0.05, 0) is 47.5 Å². The molecule has 0 unspecified atom stereocenters. The summed E-state index contributed by atoms with van der Waals surface area (Å²) >= 11 is 1.83. The van der Waals surface area contributed by atoms with E-state index in [4.69, 9.17) is 0 Å². The lowest BCUT2D eigenvalue weighted by Gasteiger charge is -2.09. The molecule has 2 heterocycles. The average Bonchev–Trinajstić information content (AvgIpc) is 3.08. The largest absolute Gasteiger partial charge is 0.346 e. The van der Waals surface area contributed by atoms with Crippen molar-refractivity contribution >= 4 is 21.4 Å². The smallest absolute Gasteiger partial charge is 0.0487 e. The summed E-state index contributed by atoms with van der Waals surface area (Å²) in [5, 5.41) is 7.15. The molecule has 0 aliphatic rings. The van der Waals surface area contributed by atoms with Crippen LogP contribution in [-0.2, 0) is 13.1 Å². The second-order valence-electron chi connectivity index (χ2n) is 5.06. The Balaban J connectivity index is 1.79. The predicted molar refractivity (Wildman–Crippen MR) is 87.4 cm³/mol. The molecule has 0 saturated heterocycles. The van der Waals surface area contributed by atoms with Gasteiger partial charge in [-0.1, -0.05) is 25.1 Å². The molecule has 0 amide bonds. The van der Waals surface area contributed by atoms with Crippen LogP contribution < -0.4 is 5.32 Å². The molecule has 0 aliphatic carbocycles. The quantitative estimate of drug-likeness (QED) is 0.670. The summed E-state index contributed by atoms with van der Waals surface area (Å²) in [4.78, 5) is 0. The van der Waals surface area contributed by atoms with Crippen LogP contribution in [0.1, 0.15) is 24.6 Å². The Morgan fingerprint density at radius 3 is 2.95 bits per heavy atom. The van der Waals surface area contributed by atoms with Gasteiger partial charge in [-0.2, -0.15) is 0 Å². The number of nitrogens with one attached hydrogen (secondary N) is 1. The summed E-state index contributed by atoms with van der Waals surface area (Å²) < 4.78 is 3.72. The Morgan fingerprint density at radius 2 is 2.05 bits per heavy atom. The van der Waals surface area contributed by atoms with Crippen molar-refractivity contribution in [2.45, 2.75) is 26.4 Å². The molecule has 0 spiro atoms. The van der Waals surface area contributed by atoms with Gasteiger partial charge in [0, 0.05) is 29.7 Å². The maximum absolute atomic E-state index is 3.48. The molecule has 20 heavy (non-hydrogen) atoms. The van der Waals surface area contributed by atoms with E-state index in [1.807, 2.05) is 11.3 Å². The Hall–Kier alpha value is -1.58. The molecular weight excluding hydrogens is 264 g/mol. The Labute approximate surface area is 124 Å². The number of fused-ring (bicyclic) bond motifs is 1. The van der Waals surface area contributed by atoms with E-state index in [1.165, 1.54) is 27.8 Å². The highest BCUT2D eigenvalue weighted by Gasteiger charge is 2.06. The topological polar surface area (TPSA) is 17.0 Å². The van der Waals surface area contributed by atoms with Crippen LogP contribution in [0, 0.1) is 0 Å². The highest BCUT2D eigenvalue weighted by molar-refractivity contribution is 7.17. The first-order valence-electron chi connectivity index (χ1n) is 7.18. The number of hydrogen-bond donors (Lipinski definition) is 1. The summed E-state index contributed by atoms with van der Waals surface area (Å²) in [6.45, 7) is 5.18. The first-order chi connectivity index (χ1) is 9.88. The molecule has 0 fully saturated rings. The zero-order chi connectivity index (χ0) is 13.8.